The van der Waals surface area contributed by atoms with Crippen molar-refractivity contribution >= 4 is 29.3 Å². The highest BCUT2D eigenvalue weighted by molar-refractivity contribution is 6.00. The molecule has 1 heterocycles. The fourth-order valence-electron chi connectivity index (χ4n) is 4.19. The predicted molar refractivity (Wildman–Crippen MR) is 141 cm³/mol. The molecule has 192 valence electrons. The Morgan fingerprint density at radius 1 is 0.784 bits per heavy atom. The van der Waals surface area contributed by atoms with Crippen LogP contribution in [0.4, 0.5) is 16.2 Å². The number of amides is 3. The van der Waals surface area contributed by atoms with Crippen molar-refractivity contribution in [3.05, 3.63) is 89.5 Å². The molecule has 3 amide bonds. The Bertz CT molecular complexity index is 1240. The lowest BCUT2D eigenvalue weighted by molar-refractivity contribution is 0.0595. The summed E-state index contributed by atoms with van der Waals surface area (Å²) in [5.41, 5.74) is 3.22. The minimum atomic E-state index is -0.391. The molecule has 9 heteroatoms. The van der Waals surface area contributed by atoms with E-state index in [0.717, 1.165) is 5.56 Å². The second kappa shape index (κ2) is 12.0. The highest BCUT2D eigenvalue weighted by Crippen LogP contribution is 2.23. The number of piperazine rings is 1. The van der Waals surface area contributed by atoms with Crippen LogP contribution in [0.25, 0.3) is 0 Å². The van der Waals surface area contributed by atoms with Gasteiger partial charge in [-0.05, 0) is 54.6 Å². The molecule has 1 aliphatic heterocycles. The van der Waals surface area contributed by atoms with Crippen LogP contribution < -0.4 is 15.4 Å². The molecule has 0 radical (unpaired) electrons. The van der Waals surface area contributed by atoms with Gasteiger partial charge in [0.1, 0.15) is 5.75 Å². The van der Waals surface area contributed by atoms with Gasteiger partial charge in [0.05, 0.1) is 19.8 Å². The van der Waals surface area contributed by atoms with Crippen LogP contribution >= 0.6 is 0 Å². The summed E-state index contributed by atoms with van der Waals surface area (Å²) in [7, 11) is 2.96. The number of nitrogens with zero attached hydrogens (tertiary/aromatic N) is 2. The Hall–Kier alpha value is -4.37. The zero-order chi connectivity index (χ0) is 26.2. The van der Waals surface area contributed by atoms with Gasteiger partial charge in [0.2, 0.25) is 0 Å². The van der Waals surface area contributed by atoms with Gasteiger partial charge in [0.25, 0.3) is 5.91 Å². The van der Waals surface area contributed by atoms with Crippen LogP contribution in [0.3, 0.4) is 0 Å². The first-order valence-corrected chi connectivity index (χ1v) is 12.0. The van der Waals surface area contributed by atoms with Gasteiger partial charge in [-0.2, -0.15) is 0 Å². The lowest BCUT2D eigenvalue weighted by atomic mass is 10.1. The summed E-state index contributed by atoms with van der Waals surface area (Å²) in [4.78, 5) is 41.2. The van der Waals surface area contributed by atoms with Gasteiger partial charge in [-0.15, -0.1) is 0 Å². The number of hydrogen-bond donors (Lipinski definition) is 2. The van der Waals surface area contributed by atoms with E-state index in [0.29, 0.717) is 61.0 Å². The number of methoxy groups -OCH3 is 2. The summed E-state index contributed by atoms with van der Waals surface area (Å²) in [6.45, 7) is 3.14. The Morgan fingerprint density at radius 3 is 2.03 bits per heavy atom. The molecule has 9 nitrogen and oxygen atoms in total. The van der Waals surface area contributed by atoms with Crippen molar-refractivity contribution in [1.82, 2.24) is 9.80 Å². The number of anilines is 2. The number of para-hydroxylation sites is 1. The first kappa shape index (κ1) is 25.7. The third-order valence-electron chi connectivity index (χ3n) is 6.18. The van der Waals surface area contributed by atoms with Crippen LogP contribution in [-0.2, 0) is 11.3 Å². The smallest absolute Gasteiger partial charge is 0.337 e. The van der Waals surface area contributed by atoms with Gasteiger partial charge in [-0.1, -0.05) is 18.2 Å². The Labute approximate surface area is 216 Å². The molecule has 0 saturated carbocycles. The zero-order valence-electron chi connectivity index (χ0n) is 20.9. The third kappa shape index (κ3) is 6.65. The molecule has 0 aliphatic carbocycles. The van der Waals surface area contributed by atoms with E-state index in [1.165, 1.54) is 7.11 Å². The summed E-state index contributed by atoms with van der Waals surface area (Å²) in [6.07, 6.45) is 0. The van der Waals surface area contributed by atoms with Gasteiger partial charge < -0.3 is 25.0 Å². The average Bonchev–Trinajstić information content (AvgIpc) is 2.93. The fraction of sp³-hybridized carbons (Fsp3) is 0.250. The summed E-state index contributed by atoms with van der Waals surface area (Å²) in [6, 6.07) is 20.9. The number of urea groups is 1. The van der Waals surface area contributed by atoms with Gasteiger partial charge in [-0.3, -0.25) is 9.69 Å². The maximum absolute atomic E-state index is 13.0. The first-order valence-electron chi connectivity index (χ1n) is 12.0. The van der Waals surface area contributed by atoms with Crippen molar-refractivity contribution in [3.8, 4) is 5.75 Å². The van der Waals surface area contributed by atoms with Crippen molar-refractivity contribution in [1.29, 1.82) is 0 Å². The quantitative estimate of drug-likeness (QED) is 0.472. The van der Waals surface area contributed by atoms with Crippen molar-refractivity contribution < 1.29 is 23.9 Å². The summed E-state index contributed by atoms with van der Waals surface area (Å²) < 4.78 is 10.3. The van der Waals surface area contributed by atoms with Gasteiger partial charge in [0.15, 0.2) is 0 Å². The molecule has 3 aromatic carbocycles. The standard InChI is InChI=1S/C28H30N4O5/c1-36-25-13-10-21(27(34)37-2)18-22(25)19-31-14-16-32(17-15-31)26(33)20-8-11-24(12-9-20)30-28(35)29-23-6-4-3-5-7-23/h3-13,18H,14-17,19H2,1-2H3,(H2,29,30,35). The second-order valence-electron chi connectivity index (χ2n) is 8.61. The Balaban J connectivity index is 1.30. The molecule has 1 fully saturated rings. The molecule has 3 aromatic rings. The molecule has 1 aliphatic rings. The maximum Gasteiger partial charge on any atom is 0.337 e. The molecular weight excluding hydrogens is 472 g/mol. The van der Waals surface area contributed by atoms with E-state index in [1.807, 2.05) is 23.1 Å². The van der Waals surface area contributed by atoms with Crippen LogP contribution in [0.5, 0.6) is 5.75 Å². The van der Waals surface area contributed by atoms with Crippen LogP contribution in [0.1, 0.15) is 26.3 Å². The molecule has 0 aromatic heterocycles. The second-order valence-corrected chi connectivity index (χ2v) is 8.61. The average molecular weight is 503 g/mol. The number of carbonyl (C=O) groups excluding carboxylic acids is 3. The monoisotopic (exact) mass is 502 g/mol. The highest BCUT2D eigenvalue weighted by atomic mass is 16.5. The van der Waals surface area contributed by atoms with Crippen molar-refractivity contribution in [3.63, 3.8) is 0 Å². The summed E-state index contributed by atoms with van der Waals surface area (Å²) in [5.74, 6) is 0.264. The topological polar surface area (TPSA) is 100 Å². The molecule has 0 bridgehead atoms. The Morgan fingerprint density at radius 2 is 1.41 bits per heavy atom. The van der Waals surface area contributed by atoms with E-state index in [1.54, 1.807) is 61.7 Å². The SMILES string of the molecule is COC(=O)c1ccc(OC)c(CN2CCN(C(=O)c3ccc(NC(=O)Nc4ccccc4)cc3)CC2)c1. The minimum Gasteiger partial charge on any atom is -0.496 e. The minimum absolute atomic E-state index is 0.0507. The number of hydrogen-bond acceptors (Lipinski definition) is 6. The molecule has 0 spiro atoms. The van der Waals surface area contributed by atoms with Crippen LogP contribution in [0.15, 0.2) is 72.8 Å². The van der Waals surface area contributed by atoms with Crippen LogP contribution in [-0.4, -0.2) is 68.1 Å². The normalized spacial score (nSPS) is 13.5. The number of ether oxygens (including phenoxy) is 2. The van der Waals surface area contributed by atoms with Crippen LogP contribution in [0.2, 0.25) is 0 Å². The van der Waals surface area contributed by atoms with Gasteiger partial charge in [-0.25, -0.2) is 9.59 Å². The van der Waals surface area contributed by atoms with E-state index in [-0.39, 0.29) is 11.9 Å². The lowest BCUT2D eigenvalue weighted by Crippen LogP contribution is -2.48. The van der Waals surface area contributed by atoms with E-state index in [9.17, 15) is 14.4 Å². The van der Waals surface area contributed by atoms with Crippen LogP contribution in [0, 0.1) is 0 Å². The molecule has 0 unspecified atom stereocenters. The lowest BCUT2D eigenvalue weighted by Gasteiger charge is -2.35. The van der Waals surface area contributed by atoms with E-state index in [4.69, 9.17) is 9.47 Å². The van der Waals surface area contributed by atoms with Gasteiger partial charge >= 0.3 is 12.0 Å². The summed E-state index contributed by atoms with van der Waals surface area (Å²) >= 11 is 0. The largest absolute Gasteiger partial charge is 0.496 e. The number of carbonyl (C=O) groups is 3. The molecular formula is C28H30N4O5. The zero-order valence-corrected chi connectivity index (χ0v) is 20.9. The number of benzene rings is 3. The van der Waals surface area contributed by atoms with Crippen molar-refractivity contribution in [2.24, 2.45) is 0 Å². The first-order chi connectivity index (χ1) is 18.0. The molecule has 2 N–H and O–H groups in total. The van der Waals surface area contributed by atoms with Crippen molar-refractivity contribution in [2.45, 2.75) is 6.54 Å². The predicted octanol–water partition coefficient (Wildman–Crippen LogP) is 4.08. The van der Waals surface area contributed by atoms with Gasteiger partial charge in [0, 0.05) is 55.2 Å². The number of rotatable bonds is 7. The molecule has 4 rings (SSSR count). The van der Waals surface area contributed by atoms with E-state index < -0.39 is 5.97 Å². The summed E-state index contributed by atoms with van der Waals surface area (Å²) in [5, 5.41) is 5.53. The molecule has 1 saturated heterocycles. The van der Waals surface area contributed by atoms with E-state index in [2.05, 4.69) is 15.5 Å². The van der Waals surface area contributed by atoms with Crippen molar-refractivity contribution in [2.75, 3.05) is 51.0 Å². The maximum atomic E-state index is 13.0. The Kier molecular flexibility index (Phi) is 8.37. The molecule has 0 atom stereocenters. The highest BCUT2D eigenvalue weighted by Gasteiger charge is 2.23. The number of nitrogens with one attached hydrogen (secondary N) is 2. The fourth-order valence-corrected chi connectivity index (χ4v) is 4.19. The number of esters is 1. The third-order valence-corrected chi connectivity index (χ3v) is 6.18. The molecule has 37 heavy (non-hydrogen) atoms. The van der Waals surface area contributed by atoms with E-state index >= 15 is 0 Å².